The van der Waals surface area contributed by atoms with Gasteiger partial charge in [-0.3, -0.25) is 4.79 Å². The van der Waals surface area contributed by atoms with Crippen LogP contribution in [0.25, 0.3) is 11.3 Å². The number of hydrogen-bond acceptors (Lipinski definition) is 7. The summed E-state index contributed by atoms with van der Waals surface area (Å²) in [5.74, 6) is -2.00. The van der Waals surface area contributed by atoms with Crippen molar-refractivity contribution in [1.29, 1.82) is 0 Å². The summed E-state index contributed by atoms with van der Waals surface area (Å²) in [6, 6.07) is 6.15. The molecule has 3 rings (SSSR count). The third-order valence-corrected chi connectivity index (χ3v) is 5.30. The highest BCUT2D eigenvalue weighted by Gasteiger charge is 2.20. The van der Waals surface area contributed by atoms with Gasteiger partial charge in [0.15, 0.2) is 5.69 Å². The van der Waals surface area contributed by atoms with Gasteiger partial charge >= 0.3 is 0 Å². The average Bonchev–Trinajstić information content (AvgIpc) is 3.16. The number of amides is 1. The van der Waals surface area contributed by atoms with Crippen LogP contribution in [0.3, 0.4) is 0 Å². The Kier molecular flexibility index (Phi) is 7.14. The lowest BCUT2D eigenvalue weighted by Gasteiger charge is -2.13. The van der Waals surface area contributed by atoms with E-state index < -0.39 is 17.5 Å². The Bertz CT molecular complexity index is 1030. The van der Waals surface area contributed by atoms with E-state index in [0.717, 1.165) is 23.7 Å². The number of rotatable bonds is 8. The molecule has 1 aromatic carbocycles. The maximum Gasteiger partial charge on any atom is 0.276 e. The average molecular weight is 454 g/mol. The van der Waals surface area contributed by atoms with Crippen molar-refractivity contribution in [1.82, 2.24) is 9.36 Å². The first-order chi connectivity index (χ1) is 14.4. The molecule has 0 aliphatic carbocycles. The minimum Gasteiger partial charge on any atom is -0.481 e. The molecule has 1 atom stereocenters. The summed E-state index contributed by atoms with van der Waals surface area (Å²) in [6.45, 7) is 0.608. The summed E-state index contributed by atoms with van der Waals surface area (Å²) >= 11 is 6.84. The summed E-state index contributed by atoms with van der Waals surface area (Å²) in [6.07, 6.45) is 1.41. The number of aromatic nitrogens is 2. The molecule has 0 spiro atoms. The van der Waals surface area contributed by atoms with Crippen LogP contribution in [0.4, 0.5) is 20.2 Å². The molecular weight excluding hydrogens is 436 g/mol. The number of anilines is 2. The van der Waals surface area contributed by atoms with Crippen LogP contribution >= 0.6 is 23.1 Å². The number of ether oxygens (including phenoxy) is 1. The van der Waals surface area contributed by atoms with Gasteiger partial charge in [-0.25, -0.2) is 13.8 Å². The molecule has 30 heavy (non-hydrogen) atoms. The molecule has 1 unspecified atom stereocenters. The fourth-order valence-electron chi connectivity index (χ4n) is 2.50. The predicted octanol–water partition coefficient (Wildman–Crippen LogP) is 3.51. The van der Waals surface area contributed by atoms with Crippen LogP contribution in [0.2, 0.25) is 0 Å². The van der Waals surface area contributed by atoms with Gasteiger partial charge in [0.25, 0.3) is 5.91 Å². The van der Waals surface area contributed by atoms with Gasteiger partial charge in [0, 0.05) is 23.3 Å². The molecule has 2 heterocycles. The second kappa shape index (κ2) is 9.79. The molecular formula is C19H18ClF2N5O2S. The number of nitrogen functional groups attached to an aromatic ring is 1. The summed E-state index contributed by atoms with van der Waals surface area (Å²) in [7, 11) is 0. The number of carbonyl (C=O) groups excluding carboxylic acids is 1. The van der Waals surface area contributed by atoms with E-state index >= 15 is 0 Å². The fraction of sp³-hybridized carbons (Fsp3) is 0.211. The quantitative estimate of drug-likeness (QED) is 0.449. The normalized spacial score (nSPS) is 11.9. The van der Waals surface area contributed by atoms with Gasteiger partial charge in [0.1, 0.15) is 17.3 Å². The maximum atomic E-state index is 14.1. The van der Waals surface area contributed by atoms with Gasteiger partial charge in [-0.15, -0.1) is 11.6 Å². The predicted molar refractivity (Wildman–Crippen MR) is 113 cm³/mol. The van der Waals surface area contributed by atoms with Crippen LogP contribution in [0.5, 0.6) is 5.06 Å². The molecule has 0 aliphatic heterocycles. The number of nitrogens with zero attached hydrogens (tertiary/aromatic N) is 2. The smallest absolute Gasteiger partial charge is 0.276 e. The van der Waals surface area contributed by atoms with Crippen LogP contribution in [0.1, 0.15) is 10.5 Å². The monoisotopic (exact) mass is 453 g/mol. The Hall–Kier alpha value is -2.82. The standard InChI is InChI=1S/C19H18ClF2N5O2S/c20-6-10(7-23)9-29-19-15(8-25-30-19)27-18(28)17-13(24)4-5-14(26-17)16-11(21)2-1-3-12(16)22/h1-5,8,10H,6-7,9,23-24H2,(H,27,28). The van der Waals surface area contributed by atoms with E-state index in [1.807, 2.05) is 0 Å². The topological polar surface area (TPSA) is 116 Å². The van der Waals surface area contributed by atoms with Crippen LogP contribution in [0, 0.1) is 17.6 Å². The van der Waals surface area contributed by atoms with Gasteiger partial charge in [0.05, 0.1) is 29.7 Å². The minimum atomic E-state index is -0.801. The Morgan fingerprint density at radius 1 is 1.27 bits per heavy atom. The Balaban J connectivity index is 1.83. The molecule has 0 saturated carbocycles. The Morgan fingerprint density at radius 3 is 2.67 bits per heavy atom. The largest absolute Gasteiger partial charge is 0.481 e. The summed E-state index contributed by atoms with van der Waals surface area (Å²) in [5.41, 5.74) is 11.2. The van der Waals surface area contributed by atoms with Crippen molar-refractivity contribution in [2.24, 2.45) is 11.7 Å². The molecule has 0 aliphatic rings. The molecule has 2 aromatic heterocycles. The number of halogens is 3. The van der Waals surface area contributed by atoms with Crippen molar-refractivity contribution in [2.75, 3.05) is 30.1 Å². The van der Waals surface area contributed by atoms with Crippen LogP contribution in [-0.4, -0.2) is 34.3 Å². The second-order valence-electron chi connectivity index (χ2n) is 6.28. The van der Waals surface area contributed by atoms with Crippen LogP contribution < -0.4 is 21.5 Å². The maximum absolute atomic E-state index is 14.1. The van der Waals surface area contributed by atoms with Crippen molar-refractivity contribution in [2.45, 2.75) is 0 Å². The number of nitrogens with two attached hydrogens (primary N) is 2. The number of carbonyl (C=O) groups is 1. The zero-order valence-electron chi connectivity index (χ0n) is 15.6. The third kappa shape index (κ3) is 4.84. The molecule has 5 N–H and O–H groups in total. The summed E-state index contributed by atoms with van der Waals surface area (Å²) < 4.78 is 37.8. The molecule has 1 amide bonds. The van der Waals surface area contributed by atoms with E-state index in [0.29, 0.717) is 23.2 Å². The molecule has 0 saturated heterocycles. The van der Waals surface area contributed by atoms with Gasteiger partial charge in [-0.05, 0) is 30.8 Å². The zero-order chi connectivity index (χ0) is 21.7. The van der Waals surface area contributed by atoms with Gasteiger partial charge in [-0.2, -0.15) is 4.37 Å². The highest BCUT2D eigenvalue weighted by molar-refractivity contribution is 7.08. The fourth-order valence-corrected chi connectivity index (χ4v) is 3.29. The highest BCUT2D eigenvalue weighted by Crippen LogP contribution is 2.31. The van der Waals surface area contributed by atoms with E-state index in [2.05, 4.69) is 14.7 Å². The highest BCUT2D eigenvalue weighted by atomic mass is 35.5. The van der Waals surface area contributed by atoms with Crippen molar-refractivity contribution in [3.63, 3.8) is 0 Å². The van der Waals surface area contributed by atoms with E-state index in [-0.39, 0.29) is 35.2 Å². The lowest BCUT2D eigenvalue weighted by Crippen LogP contribution is -2.23. The lowest BCUT2D eigenvalue weighted by atomic mass is 10.1. The van der Waals surface area contributed by atoms with Crippen molar-refractivity contribution < 1.29 is 18.3 Å². The molecule has 0 radical (unpaired) electrons. The zero-order valence-corrected chi connectivity index (χ0v) is 17.1. The number of hydrogen-bond donors (Lipinski definition) is 3. The lowest BCUT2D eigenvalue weighted by molar-refractivity contribution is 0.102. The first kappa shape index (κ1) is 21.9. The Morgan fingerprint density at radius 2 is 2.00 bits per heavy atom. The number of nitrogens with one attached hydrogen (secondary N) is 1. The van der Waals surface area contributed by atoms with Crippen LogP contribution in [-0.2, 0) is 0 Å². The molecule has 158 valence electrons. The minimum absolute atomic E-state index is 0.0454. The van der Waals surface area contributed by atoms with Crippen LogP contribution in [0.15, 0.2) is 36.5 Å². The molecule has 3 aromatic rings. The van der Waals surface area contributed by atoms with Gasteiger partial charge < -0.3 is 21.5 Å². The number of benzene rings is 1. The Labute approximate surface area is 180 Å². The van der Waals surface area contributed by atoms with Crippen molar-refractivity contribution in [3.8, 4) is 16.3 Å². The van der Waals surface area contributed by atoms with E-state index in [9.17, 15) is 13.6 Å². The first-order valence-electron chi connectivity index (χ1n) is 8.80. The summed E-state index contributed by atoms with van der Waals surface area (Å²) in [5, 5.41) is 2.97. The third-order valence-electron chi connectivity index (χ3n) is 4.15. The number of alkyl halides is 1. The molecule has 0 fully saturated rings. The second-order valence-corrected chi connectivity index (χ2v) is 7.35. The van der Waals surface area contributed by atoms with E-state index in [1.165, 1.54) is 24.4 Å². The van der Waals surface area contributed by atoms with Crippen molar-refractivity contribution >= 4 is 40.4 Å². The van der Waals surface area contributed by atoms with Crippen molar-refractivity contribution in [3.05, 3.63) is 53.9 Å². The molecule has 7 nitrogen and oxygen atoms in total. The summed E-state index contributed by atoms with van der Waals surface area (Å²) in [4.78, 5) is 16.8. The van der Waals surface area contributed by atoms with Gasteiger partial charge in [-0.1, -0.05) is 6.07 Å². The first-order valence-corrected chi connectivity index (χ1v) is 10.1. The molecule has 0 bridgehead atoms. The van der Waals surface area contributed by atoms with Gasteiger partial charge in [0.2, 0.25) is 5.06 Å². The van der Waals surface area contributed by atoms with E-state index in [1.54, 1.807) is 0 Å². The van der Waals surface area contributed by atoms with E-state index in [4.69, 9.17) is 27.8 Å². The SMILES string of the molecule is NCC(CCl)COc1sncc1NC(=O)c1nc(-c2c(F)cccc2F)ccc1N. The molecule has 11 heteroatoms. The number of pyridine rings is 1.